The van der Waals surface area contributed by atoms with E-state index in [1.165, 1.54) is 44.5 Å². The van der Waals surface area contributed by atoms with E-state index >= 15 is 0 Å². The van der Waals surface area contributed by atoms with Gasteiger partial charge < -0.3 is 0 Å². The maximum atomic E-state index is 4.49. The van der Waals surface area contributed by atoms with Crippen LogP contribution in [0.15, 0.2) is 35.5 Å². The fourth-order valence-electron chi connectivity index (χ4n) is 3.08. The van der Waals surface area contributed by atoms with Crippen molar-refractivity contribution in [2.45, 2.75) is 41.5 Å². The standard InChI is InChI=1S/C21H25N/c1-14-9-16(3)20(17(4)10-14)7-8-22-13-21-18(5)11-15(2)12-19(21)6/h7-13H,1-6H3/b8-7+,22-13?. The lowest BCUT2D eigenvalue weighted by atomic mass is 10.00. The first kappa shape index (κ1) is 16.2. The Bertz CT molecular complexity index is 637. The van der Waals surface area contributed by atoms with Crippen molar-refractivity contribution < 1.29 is 0 Å². The summed E-state index contributed by atoms with van der Waals surface area (Å²) >= 11 is 0. The molecule has 0 aliphatic heterocycles. The number of benzene rings is 2. The van der Waals surface area contributed by atoms with Crippen LogP contribution in [0.2, 0.25) is 0 Å². The second kappa shape index (κ2) is 6.74. The molecule has 22 heavy (non-hydrogen) atoms. The molecule has 0 atom stereocenters. The molecular formula is C21H25N. The zero-order valence-electron chi connectivity index (χ0n) is 14.5. The summed E-state index contributed by atoms with van der Waals surface area (Å²) in [5.74, 6) is 0. The number of hydrogen-bond donors (Lipinski definition) is 0. The Morgan fingerprint density at radius 1 is 0.636 bits per heavy atom. The average Bonchev–Trinajstić information content (AvgIpc) is 2.38. The predicted octanol–water partition coefficient (Wildman–Crippen LogP) is 5.63. The Hall–Kier alpha value is -2.15. The zero-order valence-corrected chi connectivity index (χ0v) is 14.5. The molecule has 1 heteroatoms. The summed E-state index contributed by atoms with van der Waals surface area (Å²) < 4.78 is 0. The van der Waals surface area contributed by atoms with Crippen LogP contribution in [0.5, 0.6) is 0 Å². The van der Waals surface area contributed by atoms with Gasteiger partial charge in [0.25, 0.3) is 0 Å². The van der Waals surface area contributed by atoms with Crippen LogP contribution in [-0.4, -0.2) is 6.21 Å². The van der Waals surface area contributed by atoms with E-state index in [-0.39, 0.29) is 0 Å². The van der Waals surface area contributed by atoms with Crippen molar-refractivity contribution in [1.29, 1.82) is 0 Å². The van der Waals surface area contributed by atoms with E-state index in [2.05, 4.69) is 76.9 Å². The largest absolute Gasteiger partial charge is 0.264 e. The fourth-order valence-corrected chi connectivity index (χ4v) is 3.08. The summed E-state index contributed by atoms with van der Waals surface area (Å²) in [4.78, 5) is 4.49. The van der Waals surface area contributed by atoms with Gasteiger partial charge in [-0.1, -0.05) is 35.4 Å². The topological polar surface area (TPSA) is 12.4 Å². The second-order valence-corrected chi connectivity index (χ2v) is 6.22. The minimum Gasteiger partial charge on any atom is -0.264 e. The van der Waals surface area contributed by atoms with E-state index in [1.54, 1.807) is 0 Å². The molecule has 114 valence electrons. The van der Waals surface area contributed by atoms with Gasteiger partial charge >= 0.3 is 0 Å². The molecule has 2 aromatic carbocycles. The van der Waals surface area contributed by atoms with Gasteiger partial charge in [-0.2, -0.15) is 0 Å². The molecule has 0 unspecified atom stereocenters. The molecule has 2 rings (SSSR count). The van der Waals surface area contributed by atoms with Crippen LogP contribution in [-0.2, 0) is 0 Å². The highest BCUT2D eigenvalue weighted by atomic mass is 14.7. The van der Waals surface area contributed by atoms with Crippen LogP contribution in [0.4, 0.5) is 0 Å². The van der Waals surface area contributed by atoms with Crippen molar-refractivity contribution in [3.8, 4) is 0 Å². The van der Waals surface area contributed by atoms with E-state index in [0.717, 1.165) is 0 Å². The normalized spacial score (nSPS) is 11.7. The first-order chi connectivity index (χ1) is 10.4. The highest BCUT2D eigenvalue weighted by Gasteiger charge is 2.01. The molecule has 0 aliphatic carbocycles. The van der Waals surface area contributed by atoms with Gasteiger partial charge in [0.2, 0.25) is 0 Å². The molecule has 0 saturated heterocycles. The number of aryl methyl sites for hydroxylation is 6. The van der Waals surface area contributed by atoms with E-state index < -0.39 is 0 Å². The third-order valence-corrected chi connectivity index (χ3v) is 4.01. The fraction of sp³-hybridized carbons (Fsp3) is 0.286. The lowest BCUT2D eigenvalue weighted by molar-refractivity contribution is 1.30. The van der Waals surface area contributed by atoms with Gasteiger partial charge in [0.1, 0.15) is 0 Å². The van der Waals surface area contributed by atoms with E-state index in [4.69, 9.17) is 0 Å². The van der Waals surface area contributed by atoms with Crippen LogP contribution < -0.4 is 0 Å². The first-order valence-electron chi connectivity index (χ1n) is 7.74. The molecule has 0 radical (unpaired) electrons. The summed E-state index contributed by atoms with van der Waals surface area (Å²) in [6.45, 7) is 12.8. The monoisotopic (exact) mass is 291 g/mol. The van der Waals surface area contributed by atoms with Crippen LogP contribution in [0.3, 0.4) is 0 Å². The van der Waals surface area contributed by atoms with E-state index in [9.17, 15) is 0 Å². The van der Waals surface area contributed by atoms with Crippen molar-refractivity contribution in [1.82, 2.24) is 0 Å². The maximum Gasteiger partial charge on any atom is 0.0345 e. The molecule has 1 nitrogen and oxygen atoms in total. The molecule has 0 amide bonds. The molecule has 0 spiro atoms. The Balaban J connectivity index is 2.24. The Morgan fingerprint density at radius 3 is 1.50 bits per heavy atom. The SMILES string of the molecule is Cc1cc(C)c(C=N/C=C/c2c(C)cc(C)cc2C)c(C)c1. The van der Waals surface area contributed by atoms with Crippen LogP contribution >= 0.6 is 0 Å². The van der Waals surface area contributed by atoms with Gasteiger partial charge in [0.15, 0.2) is 0 Å². The number of hydrogen-bond acceptors (Lipinski definition) is 1. The summed E-state index contributed by atoms with van der Waals surface area (Å²) in [6.07, 6.45) is 5.95. The predicted molar refractivity (Wildman–Crippen MR) is 97.9 cm³/mol. The van der Waals surface area contributed by atoms with Gasteiger partial charge in [-0.3, -0.25) is 4.99 Å². The first-order valence-corrected chi connectivity index (χ1v) is 7.74. The molecule has 0 fully saturated rings. The molecule has 0 saturated carbocycles. The maximum absolute atomic E-state index is 4.49. The van der Waals surface area contributed by atoms with Gasteiger partial charge in [0.05, 0.1) is 0 Å². The second-order valence-electron chi connectivity index (χ2n) is 6.22. The summed E-state index contributed by atoms with van der Waals surface area (Å²) in [5.41, 5.74) is 10.2. The quantitative estimate of drug-likeness (QED) is 0.650. The van der Waals surface area contributed by atoms with Crippen molar-refractivity contribution in [3.63, 3.8) is 0 Å². The third kappa shape index (κ3) is 3.73. The van der Waals surface area contributed by atoms with Crippen molar-refractivity contribution in [2.75, 3.05) is 0 Å². The van der Waals surface area contributed by atoms with E-state index in [1.807, 2.05) is 12.4 Å². The Kier molecular flexibility index (Phi) is 4.97. The number of aliphatic imine (C=N–C) groups is 1. The molecule has 0 aliphatic rings. The van der Waals surface area contributed by atoms with Gasteiger partial charge in [-0.15, -0.1) is 0 Å². The lowest BCUT2D eigenvalue weighted by Gasteiger charge is -2.07. The average molecular weight is 291 g/mol. The van der Waals surface area contributed by atoms with E-state index in [0.29, 0.717) is 0 Å². The zero-order chi connectivity index (χ0) is 16.3. The molecule has 0 heterocycles. The van der Waals surface area contributed by atoms with Gasteiger partial charge in [-0.05, 0) is 81.0 Å². The summed E-state index contributed by atoms with van der Waals surface area (Å²) in [5, 5.41) is 0. The van der Waals surface area contributed by atoms with Gasteiger partial charge in [-0.25, -0.2) is 0 Å². The highest BCUT2D eigenvalue weighted by molar-refractivity contribution is 5.84. The molecule has 0 N–H and O–H groups in total. The molecular weight excluding hydrogens is 266 g/mol. The van der Waals surface area contributed by atoms with Crippen LogP contribution in [0.1, 0.15) is 44.5 Å². The molecule has 2 aromatic rings. The number of nitrogens with zero attached hydrogens (tertiary/aromatic N) is 1. The Labute approximate surface area is 134 Å². The van der Waals surface area contributed by atoms with Crippen molar-refractivity contribution >= 4 is 12.3 Å². The number of rotatable bonds is 3. The minimum atomic E-state index is 1.22. The highest BCUT2D eigenvalue weighted by Crippen LogP contribution is 2.18. The van der Waals surface area contributed by atoms with Crippen LogP contribution in [0.25, 0.3) is 6.08 Å². The minimum absolute atomic E-state index is 1.22. The summed E-state index contributed by atoms with van der Waals surface area (Å²) in [6, 6.07) is 8.83. The van der Waals surface area contributed by atoms with Crippen LogP contribution in [0, 0.1) is 41.5 Å². The summed E-state index contributed by atoms with van der Waals surface area (Å²) in [7, 11) is 0. The smallest absolute Gasteiger partial charge is 0.0345 e. The Morgan fingerprint density at radius 2 is 1.05 bits per heavy atom. The molecule has 0 aromatic heterocycles. The third-order valence-electron chi connectivity index (χ3n) is 4.01. The van der Waals surface area contributed by atoms with Crippen molar-refractivity contribution in [3.05, 3.63) is 75.0 Å². The lowest BCUT2D eigenvalue weighted by Crippen LogP contribution is -1.93. The molecule has 0 bridgehead atoms. The van der Waals surface area contributed by atoms with Crippen molar-refractivity contribution in [2.24, 2.45) is 4.99 Å². The van der Waals surface area contributed by atoms with Gasteiger partial charge in [0, 0.05) is 12.4 Å².